The normalized spacial score (nSPS) is 10.6. The Morgan fingerprint density at radius 3 is 2.62 bits per heavy atom. The monoisotopic (exact) mass is 305 g/mol. The minimum atomic E-state index is -0.0337. The van der Waals surface area contributed by atoms with Gasteiger partial charge in [-0.2, -0.15) is 5.10 Å². The molecule has 6 heteroatoms. The molecule has 2 aromatic rings. The summed E-state index contributed by atoms with van der Waals surface area (Å²) in [7, 11) is 1.67. The van der Waals surface area contributed by atoms with Crippen LogP contribution in [0.2, 0.25) is 0 Å². The lowest BCUT2D eigenvalue weighted by Gasteiger charge is -2.06. The number of benzene rings is 1. The lowest BCUT2D eigenvalue weighted by molar-refractivity contribution is -0.113. The highest BCUT2D eigenvalue weighted by molar-refractivity contribution is 8.00. The molecule has 0 atom stereocenters. The molecule has 2 N–H and O–H groups in total. The largest absolute Gasteiger partial charge is 0.380 e. The van der Waals surface area contributed by atoms with Gasteiger partial charge in [-0.1, -0.05) is 12.1 Å². The smallest absolute Gasteiger partial charge is 0.234 e. The van der Waals surface area contributed by atoms with Crippen molar-refractivity contribution in [3.8, 4) is 0 Å². The fraction of sp³-hybridized carbons (Fsp3) is 0.333. The summed E-state index contributed by atoms with van der Waals surface area (Å²) in [6.45, 7) is 4.35. The maximum atomic E-state index is 12.0. The van der Waals surface area contributed by atoms with Crippen molar-refractivity contribution in [3.05, 3.63) is 41.2 Å². The second-order valence-corrected chi connectivity index (χ2v) is 5.77. The van der Waals surface area contributed by atoms with Crippen molar-refractivity contribution in [2.75, 3.05) is 18.2 Å². The van der Waals surface area contributed by atoms with Gasteiger partial charge in [0.1, 0.15) is 0 Å². The summed E-state index contributed by atoms with van der Waals surface area (Å²) in [5, 5.41) is 9.79. The fourth-order valence-corrected chi connectivity index (χ4v) is 2.61. The number of nitrogens with one attached hydrogen (secondary N) is 2. The number of thioether (sulfide) groups is 1. The van der Waals surface area contributed by atoms with Crippen LogP contribution in [0.3, 0.4) is 0 Å². The summed E-state index contributed by atoms with van der Waals surface area (Å²) in [4.78, 5) is 13.0. The molecule has 112 valence electrons. The Balaban J connectivity index is 1.86. The molecule has 0 saturated carbocycles. The van der Waals surface area contributed by atoms with Crippen molar-refractivity contribution in [2.45, 2.75) is 25.3 Å². The number of carbonyl (C=O) groups excluding carboxylic acids is 1. The van der Waals surface area contributed by atoms with Crippen LogP contribution >= 0.6 is 11.8 Å². The van der Waals surface area contributed by atoms with Gasteiger partial charge in [-0.05, 0) is 31.5 Å². The van der Waals surface area contributed by atoms with Gasteiger partial charge in [0.05, 0.1) is 29.4 Å². The number of hydrogen-bond donors (Lipinski definition) is 2. The first-order valence-electron chi connectivity index (χ1n) is 6.62. The van der Waals surface area contributed by atoms with Gasteiger partial charge >= 0.3 is 0 Å². The molecule has 0 fully saturated rings. The van der Waals surface area contributed by atoms with Gasteiger partial charge < -0.3 is 10.1 Å². The van der Waals surface area contributed by atoms with Crippen molar-refractivity contribution in [1.29, 1.82) is 0 Å². The number of aryl methyl sites for hydroxylation is 2. The Bertz CT molecular complexity index is 588. The van der Waals surface area contributed by atoms with Crippen molar-refractivity contribution in [2.24, 2.45) is 0 Å². The number of amides is 1. The van der Waals surface area contributed by atoms with Crippen LogP contribution in [-0.4, -0.2) is 29.0 Å². The fourth-order valence-electron chi connectivity index (χ4n) is 1.91. The zero-order chi connectivity index (χ0) is 15.2. The van der Waals surface area contributed by atoms with E-state index in [-0.39, 0.29) is 5.91 Å². The van der Waals surface area contributed by atoms with Crippen LogP contribution in [0.1, 0.15) is 17.0 Å². The second-order valence-electron chi connectivity index (χ2n) is 4.72. The van der Waals surface area contributed by atoms with E-state index in [9.17, 15) is 4.79 Å². The highest BCUT2D eigenvalue weighted by Crippen LogP contribution is 2.20. The number of methoxy groups -OCH3 is 1. The summed E-state index contributed by atoms with van der Waals surface area (Å²) >= 11 is 1.51. The van der Waals surface area contributed by atoms with Crippen molar-refractivity contribution < 1.29 is 9.53 Å². The molecule has 0 saturated heterocycles. The van der Waals surface area contributed by atoms with Crippen LogP contribution in [0.5, 0.6) is 0 Å². The lowest BCUT2D eigenvalue weighted by Crippen LogP contribution is -2.15. The third-order valence-electron chi connectivity index (χ3n) is 3.00. The molecule has 5 nitrogen and oxygen atoms in total. The molecule has 0 aliphatic carbocycles. The van der Waals surface area contributed by atoms with E-state index in [2.05, 4.69) is 15.5 Å². The molecule has 0 radical (unpaired) electrons. The quantitative estimate of drug-likeness (QED) is 0.805. The summed E-state index contributed by atoms with van der Waals surface area (Å²) in [6.07, 6.45) is 0. The first kappa shape index (κ1) is 15.6. The van der Waals surface area contributed by atoms with Gasteiger partial charge in [0.25, 0.3) is 0 Å². The van der Waals surface area contributed by atoms with Gasteiger partial charge in [-0.15, -0.1) is 11.8 Å². The standard InChI is InChI=1S/C15H19N3O2S/c1-10-15(11(2)18-17-10)16-14(19)9-21-13-6-4-12(5-7-13)8-20-3/h4-7H,8-9H2,1-3H3,(H,16,19)(H,17,18). The maximum Gasteiger partial charge on any atom is 0.234 e. The Morgan fingerprint density at radius 1 is 1.33 bits per heavy atom. The van der Waals surface area contributed by atoms with Crippen LogP contribution in [0.25, 0.3) is 0 Å². The Labute approximate surface area is 128 Å². The maximum absolute atomic E-state index is 12.0. The summed E-state index contributed by atoms with van der Waals surface area (Å²) in [6, 6.07) is 8.02. The molecular formula is C15H19N3O2S. The Kier molecular flexibility index (Phi) is 5.41. The zero-order valence-electron chi connectivity index (χ0n) is 12.4. The molecule has 0 unspecified atom stereocenters. The average Bonchev–Trinajstić information content (AvgIpc) is 2.79. The van der Waals surface area contributed by atoms with E-state index in [1.165, 1.54) is 11.8 Å². The van der Waals surface area contributed by atoms with Crippen molar-refractivity contribution in [1.82, 2.24) is 10.2 Å². The van der Waals surface area contributed by atoms with E-state index in [1.807, 2.05) is 38.1 Å². The number of aromatic nitrogens is 2. The number of rotatable bonds is 6. The number of hydrogen-bond acceptors (Lipinski definition) is 4. The topological polar surface area (TPSA) is 67.0 Å². The number of nitrogens with zero attached hydrogens (tertiary/aromatic N) is 1. The summed E-state index contributed by atoms with van der Waals surface area (Å²) in [5.74, 6) is 0.335. The number of aromatic amines is 1. The van der Waals surface area contributed by atoms with Crippen LogP contribution in [0.15, 0.2) is 29.2 Å². The van der Waals surface area contributed by atoms with Crippen LogP contribution in [0, 0.1) is 13.8 Å². The molecule has 0 spiro atoms. The zero-order valence-corrected chi connectivity index (χ0v) is 13.2. The van der Waals surface area contributed by atoms with Gasteiger partial charge in [-0.25, -0.2) is 0 Å². The van der Waals surface area contributed by atoms with Crippen LogP contribution in [-0.2, 0) is 16.1 Å². The molecule has 1 heterocycles. The third kappa shape index (κ3) is 4.34. The van der Waals surface area contributed by atoms with E-state index in [1.54, 1.807) is 7.11 Å². The predicted molar refractivity (Wildman–Crippen MR) is 84.6 cm³/mol. The number of anilines is 1. The van der Waals surface area contributed by atoms with Gasteiger partial charge in [0, 0.05) is 12.0 Å². The van der Waals surface area contributed by atoms with E-state index in [4.69, 9.17) is 4.74 Å². The SMILES string of the molecule is COCc1ccc(SCC(=O)Nc2c(C)n[nH]c2C)cc1. The summed E-state index contributed by atoms with van der Waals surface area (Å²) in [5.41, 5.74) is 3.57. The van der Waals surface area contributed by atoms with Crippen molar-refractivity contribution >= 4 is 23.4 Å². The molecule has 0 aliphatic rings. The first-order valence-corrected chi connectivity index (χ1v) is 7.61. The van der Waals surface area contributed by atoms with E-state index >= 15 is 0 Å². The molecular weight excluding hydrogens is 286 g/mol. The number of carbonyl (C=O) groups is 1. The van der Waals surface area contributed by atoms with E-state index in [0.29, 0.717) is 12.4 Å². The highest BCUT2D eigenvalue weighted by Gasteiger charge is 2.10. The van der Waals surface area contributed by atoms with Gasteiger partial charge in [0.2, 0.25) is 5.91 Å². The van der Waals surface area contributed by atoms with Crippen LogP contribution < -0.4 is 5.32 Å². The molecule has 2 rings (SSSR count). The van der Waals surface area contributed by atoms with Gasteiger partial charge in [0.15, 0.2) is 0 Å². The summed E-state index contributed by atoms with van der Waals surface area (Å²) < 4.78 is 5.07. The second kappa shape index (κ2) is 7.28. The van der Waals surface area contributed by atoms with Crippen molar-refractivity contribution in [3.63, 3.8) is 0 Å². The average molecular weight is 305 g/mol. The predicted octanol–water partition coefficient (Wildman–Crippen LogP) is 2.90. The highest BCUT2D eigenvalue weighted by atomic mass is 32.2. The molecule has 0 bridgehead atoms. The molecule has 1 amide bonds. The minimum Gasteiger partial charge on any atom is -0.380 e. The number of H-pyrrole nitrogens is 1. The minimum absolute atomic E-state index is 0.0337. The molecule has 1 aromatic carbocycles. The Morgan fingerprint density at radius 2 is 2.05 bits per heavy atom. The van der Waals surface area contributed by atoms with Gasteiger partial charge in [-0.3, -0.25) is 9.89 Å². The lowest BCUT2D eigenvalue weighted by atomic mass is 10.2. The van der Waals surface area contributed by atoms with E-state index in [0.717, 1.165) is 27.5 Å². The molecule has 0 aliphatic heterocycles. The molecule has 1 aromatic heterocycles. The molecule has 21 heavy (non-hydrogen) atoms. The van der Waals surface area contributed by atoms with E-state index < -0.39 is 0 Å². The first-order chi connectivity index (χ1) is 10.1. The third-order valence-corrected chi connectivity index (χ3v) is 4.01. The number of ether oxygens (including phenoxy) is 1. The Hall–Kier alpha value is -1.79. The van der Waals surface area contributed by atoms with Crippen LogP contribution in [0.4, 0.5) is 5.69 Å².